The molecular weight excluding hydrogens is 360 g/mol. The highest BCUT2D eigenvalue weighted by Crippen LogP contribution is 2.38. The van der Waals surface area contributed by atoms with E-state index < -0.39 is 4.92 Å². The zero-order valence-electron chi connectivity index (χ0n) is 11.1. The van der Waals surface area contributed by atoms with Gasteiger partial charge in [-0.2, -0.15) is 0 Å². The lowest BCUT2D eigenvalue weighted by Gasteiger charge is -2.10. The molecule has 2 aromatic rings. The van der Waals surface area contributed by atoms with Gasteiger partial charge in [0.2, 0.25) is 5.75 Å². The number of hydrogen-bond acceptors (Lipinski definition) is 4. The number of benzene rings is 2. The second-order valence-electron chi connectivity index (χ2n) is 4.23. The van der Waals surface area contributed by atoms with Gasteiger partial charge in [-0.05, 0) is 30.8 Å². The third-order valence-electron chi connectivity index (χ3n) is 2.75. The summed E-state index contributed by atoms with van der Waals surface area (Å²) in [5.74, 6) is 0.510. The van der Waals surface area contributed by atoms with Crippen LogP contribution in [0.4, 0.5) is 5.69 Å². The van der Waals surface area contributed by atoms with E-state index in [1.165, 1.54) is 12.1 Å². The smallest absolute Gasteiger partial charge is 0.313 e. The van der Waals surface area contributed by atoms with Crippen molar-refractivity contribution < 1.29 is 9.66 Å². The third-order valence-corrected chi connectivity index (χ3v) is 3.79. The van der Waals surface area contributed by atoms with Gasteiger partial charge in [-0.1, -0.05) is 39.7 Å². The van der Waals surface area contributed by atoms with E-state index >= 15 is 0 Å². The van der Waals surface area contributed by atoms with E-state index in [1.807, 2.05) is 13.1 Å². The van der Waals surface area contributed by atoms with Crippen molar-refractivity contribution in [3.05, 3.63) is 61.6 Å². The summed E-state index contributed by atoms with van der Waals surface area (Å²) in [7, 11) is 1.85. The summed E-state index contributed by atoms with van der Waals surface area (Å²) < 4.78 is 6.44. The number of nitro groups is 1. The fraction of sp³-hybridized carbons (Fsp3) is 0.143. The Bertz CT molecular complexity index is 679. The van der Waals surface area contributed by atoms with Crippen molar-refractivity contribution in [2.45, 2.75) is 6.54 Å². The summed E-state index contributed by atoms with van der Waals surface area (Å²) in [4.78, 5) is 10.5. The maximum Gasteiger partial charge on any atom is 0.313 e. The molecule has 0 amide bonds. The summed E-state index contributed by atoms with van der Waals surface area (Å²) in [6.07, 6.45) is 0. The number of ether oxygens (including phenoxy) is 1. The molecule has 0 aliphatic rings. The molecule has 7 heteroatoms. The van der Waals surface area contributed by atoms with Gasteiger partial charge in [-0.3, -0.25) is 10.1 Å². The molecule has 0 atom stereocenters. The summed E-state index contributed by atoms with van der Waals surface area (Å²) in [6, 6.07) is 9.78. The summed E-state index contributed by atoms with van der Waals surface area (Å²) >= 11 is 9.43. The molecule has 0 saturated carbocycles. The molecule has 2 aromatic carbocycles. The molecule has 0 aromatic heterocycles. The Hall–Kier alpha value is -1.63. The number of nitro benzene ring substituents is 1. The largest absolute Gasteiger partial charge is 0.448 e. The number of rotatable bonds is 5. The van der Waals surface area contributed by atoms with Crippen LogP contribution >= 0.6 is 27.5 Å². The average molecular weight is 372 g/mol. The van der Waals surface area contributed by atoms with Gasteiger partial charge < -0.3 is 10.1 Å². The number of para-hydroxylation sites is 1. The van der Waals surface area contributed by atoms with Crippen molar-refractivity contribution in [2.24, 2.45) is 0 Å². The quantitative estimate of drug-likeness (QED) is 0.620. The number of nitrogens with zero attached hydrogens (tertiary/aromatic N) is 1. The van der Waals surface area contributed by atoms with Crippen LogP contribution in [0.3, 0.4) is 0 Å². The Morgan fingerprint density at radius 3 is 2.76 bits per heavy atom. The second-order valence-corrected chi connectivity index (χ2v) is 5.49. The van der Waals surface area contributed by atoms with Crippen LogP contribution in [0.1, 0.15) is 5.56 Å². The first-order chi connectivity index (χ1) is 10.0. The highest BCUT2D eigenvalue weighted by molar-refractivity contribution is 9.10. The number of halogens is 2. The van der Waals surface area contributed by atoms with Crippen LogP contribution < -0.4 is 10.1 Å². The van der Waals surface area contributed by atoms with E-state index in [0.717, 1.165) is 10.0 Å². The van der Waals surface area contributed by atoms with Crippen LogP contribution in [0.15, 0.2) is 40.9 Å². The topological polar surface area (TPSA) is 64.4 Å². The van der Waals surface area contributed by atoms with E-state index in [4.69, 9.17) is 16.3 Å². The molecule has 0 radical (unpaired) electrons. The van der Waals surface area contributed by atoms with Gasteiger partial charge in [-0.25, -0.2) is 0 Å². The van der Waals surface area contributed by atoms with E-state index in [0.29, 0.717) is 12.3 Å². The average Bonchev–Trinajstić information content (AvgIpc) is 2.44. The Kier molecular flexibility index (Phi) is 5.17. The Balaban J connectivity index is 2.34. The predicted molar refractivity (Wildman–Crippen MR) is 85.1 cm³/mol. The maximum absolute atomic E-state index is 11.0. The molecule has 0 spiro atoms. The zero-order chi connectivity index (χ0) is 15.4. The maximum atomic E-state index is 11.0. The first-order valence-electron chi connectivity index (χ1n) is 6.06. The van der Waals surface area contributed by atoms with Gasteiger partial charge in [0.1, 0.15) is 5.75 Å². The Morgan fingerprint density at radius 2 is 2.14 bits per heavy atom. The van der Waals surface area contributed by atoms with Crippen molar-refractivity contribution in [1.29, 1.82) is 0 Å². The van der Waals surface area contributed by atoms with Gasteiger partial charge in [-0.15, -0.1) is 0 Å². The Morgan fingerprint density at radius 1 is 1.38 bits per heavy atom. The number of nitrogens with one attached hydrogen (secondary N) is 1. The summed E-state index contributed by atoms with van der Waals surface area (Å²) in [6.45, 7) is 0.701. The monoisotopic (exact) mass is 370 g/mol. The van der Waals surface area contributed by atoms with Crippen LogP contribution in [0.25, 0.3) is 0 Å². The first kappa shape index (κ1) is 15.8. The van der Waals surface area contributed by atoms with Gasteiger partial charge >= 0.3 is 5.69 Å². The van der Waals surface area contributed by atoms with Gasteiger partial charge in [0.25, 0.3) is 0 Å². The molecule has 1 N–H and O–H groups in total. The molecule has 0 aliphatic carbocycles. The fourth-order valence-electron chi connectivity index (χ4n) is 1.79. The highest BCUT2D eigenvalue weighted by Gasteiger charge is 2.19. The van der Waals surface area contributed by atoms with Crippen molar-refractivity contribution in [1.82, 2.24) is 5.32 Å². The van der Waals surface area contributed by atoms with Crippen LogP contribution in [0.2, 0.25) is 5.02 Å². The van der Waals surface area contributed by atoms with Crippen LogP contribution in [-0.2, 0) is 6.54 Å². The van der Waals surface area contributed by atoms with Gasteiger partial charge in [0, 0.05) is 17.1 Å². The highest BCUT2D eigenvalue weighted by atomic mass is 79.9. The van der Waals surface area contributed by atoms with Crippen LogP contribution in [0.5, 0.6) is 11.5 Å². The molecular formula is C14H12BrClN2O3. The van der Waals surface area contributed by atoms with Crippen molar-refractivity contribution in [3.8, 4) is 11.5 Å². The molecule has 0 aliphatic heterocycles. The van der Waals surface area contributed by atoms with E-state index in [2.05, 4.69) is 21.2 Å². The van der Waals surface area contributed by atoms with Crippen molar-refractivity contribution >= 4 is 33.2 Å². The lowest BCUT2D eigenvalue weighted by atomic mass is 10.2. The van der Waals surface area contributed by atoms with E-state index in [1.54, 1.807) is 18.2 Å². The second kappa shape index (κ2) is 6.89. The molecule has 5 nitrogen and oxygen atoms in total. The minimum Gasteiger partial charge on any atom is -0.448 e. The first-order valence-corrected chi connectivity index (χ1v) is 7.24. The summed E-state index contributed by atoms with van der Waals surface area (Å²) in [5.41, 5.74) is 0.886. The molecule has 0 unspecified atom stereocenters. The molecule has 21 heavy (non-hydrogen) atoms. The molecule has 0 fully saturated rings. The van der Waals surface area contributed by atoms with E-state index in [-0.39, 0.29) is 16.5 Å². The van der Waals surface area contributed by atoms with Gasteiger partial charge in [0.05, 0.1) is 9.95 Å². The van der Waals surface area contributed by atoms with Crippen molar-refractivity contribution in [3.63, 3.8) is 0 Å². The molecule has 110 valence electrons. The lowest BCUT2D eigenvalue weighted by Crippen LogP contribution is -2.05. The fourth-order valence-corrected chi connectivity index (χ4v) is 2.49. The SMILES string of the molecule is CNCc1ccc(Oc2c(Cl)cccc2[N+](=O)[O-])cc1Br. The minimum absolute atomic E-state index is 0.0393. The summed E-state index contributed by atoms with van der Waals surface area (Å²) in [5, 5.41) is 14.3. The Labute approximate surface area is 135 Å². The van der Waals surface area contributed by atoms with Crippen molar-refractivity contribution in [2.75, 3.05) is 7.05 Å². The van der Waals surface area contributed by atoms with E-state index in [9.17, 15) is 10.1 Å². The lowest BCUT2D eigenvalue weighted by molar-refractivity contribution is -0.385. The standard InChI is InChI=1S/C14H12BrClN2O3/c1-17-8-9-5-6-10(7-11(9)15)21-14-12(16)3-2-4-13(14)18(19)20/h2-7,17H,8H2,1H3. The minimum atomic E-state index is -0.522. The molecule has 2 rings (SSSR count). The number of hydrogen-bond donors (Lipinski definition) is 1. The van der Waals surface area contributed by atoms with Crippen LogP contribution in [0, 0.1) is 10.1 Å². The predicted octanol–water partition coefficient (Wildman–Crippen LogP) is 4.52. The third kappa shape index (κ3) is 3.72. The molecule has 0 bridgehead atoms. The molecule has 0 saturated heterocycles. The molecule has 0 heterocycles. The van der Waals surface area contributed by atoms with Crippen LogP contribution in [-0.4, -0.2) is 12.0 Å². The zero-order valence-corrected chi connectivity index (χ0v) is 13.4. The van der Waals surface area contributed by atoms with Gasteiger partial charge in [0.15, 0.2) is 0 Å². The normalized spacial score (nSPS) is 10.4.